The minimum Gasteiger partial charge on any atom is -0.508 e. The van der Waals surface area contributed by atoms with Gasteiger partial charge in [-0.2, -0.15) is 5.10 Å². The molecule has 30 heavy (non-hydrogen) atoms. The van der Waals surface area contributed by atoms with Gasteiger partial charge in [0.25, 0.3) is 5.91 Å². The Morgan fingerprint density at radius 3 is 2.07 bits per heavy atom. The summed E-state index contributed by atoms with van der Waals surface area (Å²) in [5, 5.41) is 25.4. The number of phenolic OH excluding ortho intramolecular Hbond substituents is 2. The summed E-state index contributed by atoms with van der Waals surface area (Å²) in [4.78, 5) is 24.9. The molecular formula is C23H21N3O4. The number of nitrogens with one attached hydrogen (secondary N) is 2. The number of carbonyl (C=O) groups excluding carboxylic acids is 2. The number of carbonyl (C=O) groups is 2. The number of hydrogen-bond donors (Lipinski definition) is 4. The average Bonchev–Trinajstić information content (AvgIpc) is 2.75. The number of hydrogen-bond acceptors (Lipinski definition) is 5. The number of aromatic hydroxyl groups is 2. The van der Waals surface area contributed by atoms with Gasteiger partial charge in [-0.15, -0.1) is 0 Å². The Morgan fingerprint density at radius 2 is 1.50 bits per heavy atom. The third-order valence-electron chi connectivity index (χ3n) is 4.36. The summed E-state index contributed by atoms with van der Waals surface area (Å²) in [5.41, 5.74) is 4.26. The van der Waals surface area contributed by atoms with Gasteiger partial charge in [-0.05, 0) is 23.3 Å². The van der Waals surface area contributed by atoms with Crippen LogP contribution in [0.15, 0.2) is 84.0 Å². The second kappa shape index (κ2) is 9.88. The van der Waals surface area contributed by atoms with Crippen molar-refractivity contribution >= 4 is 18.0 Å². The monoisotopic (exact) mass is 403 g/mol. The largest absolute Gasteiger partial charge is 0.508 e. The molecule has 0 bridgehead atoms. The highest BCUT2D eigenvalue weighted by Crippen LogP contribution is 2.24. The number of benzene rings is 3. The van der Waals surface area contributed by atoms with E-state index in [9.17, 15) is 19.8 Å². The number of phenols is 2. The SMILES string of the molecule is O=C(CNC(=O)C(c1ccccc1)c1ccccc1)N/N=C/c1ccc(O)cc1O. The zero-order chi connectivity index (χ0) is 21.3. The maximum Gasteiger partial charge on any atom is 0.259 e. The second-order valence-electron chi connectivity index (χ2n) is 6.51. The third kappa shape index (κ3) is 5.45. The lowest BCUT2D eigenvalue weighted by Crippen LogP contribution is -2.37. The van der Waals surface area contributed by atoms with E-state index in [4.69, 9.17) is 0 Å². The van der Waals surface area contributed by atoms with Crippen LogP contribution in [0.5, 0.6) is 11.5 Å². The lowest BCUT2D eigenvalue weighted by atomic mass is 9.90. The van der Waals surface area contributed by atoms with Crippen molar-refractivity contribution < 1.29 is 19.8 Å². The summed E-state index contributed by atoms with van der Waals surface area (Å²) in [5.74, 6) is -1.62. The van der Waals surface area contributed by atoms with Gasteiger partial charge in [-0.1, -0.05) is 60.7 Å². The van der Waals surface area contributed by atoms with Crippen LogP contribution in [-0.4, -0.2) is 34.8 Å². The molecule has 2 amide bonds. The van der Waals surface area contributed by atoms with Crippen molar-refractivity contribution in [1.82, 2.24) is 10.7 Å². The fraction of sp³-hybridized carbons (Fsp3) is 0.0870. The molecule has 0 aliphatic rings. The lowest BCUT2D eigenvalue weighted by Gasteiger charge is -2.17. The van der Waals surface area contributed by atoms with Gasteiger partial charge in [-0.3, -0.25) is 9.59 Å². The highest BCUT2D eigenvalue weighted by Gasteiger charge is 2.22. The first-order valence-corrected chi connectivity index (χ1v) is 9.26. The van der Waals surface area contributed by atoms with Crippen LogP contribution in [0.1, 0.15) is 22.6 Å². The molecule has 3 aromatic carbocycles. The van der Waals surface area contributed by atoms with E-state index in [1.807, 2.05) is 60.7 Å². The van der Waals surface area contributed by atoms with E-state index in [0.29, 0.717) is 5.56 Å². The third-order valence-corrected chi connectivity index (χ3v) is 4.36. The molecule has 3 rings (SSSR count). The molecule has 0 aromatic heterocycles. The molecule has 3 aromatic rings. The number of nitrogens with zero attached hydrogens (tertiary/aromatic N) is 1. The van der Waals surface area contributed by atoms with Crippen molar-refractivity contribution in [3.63, 3.8) is 0 Å². The Balaban J connectivity index is 1.61. The Bertz CT molecular complexity index is 997. The Hall–Kier alpha value is -4.13. The van der Waals surface area contributed by atoms with Crippen LogP contribution in [0.2, 0.25) is 0 Å². The van der Waals surface area contributed by atoms with Gasteiger partial charge in [0.2, 0.25) is 5.91 Å². The summed E-state index contributed by atoms with van der Waals surface area (Å²) in [6.45, 7) is -0.256. The molecule has 0 aliphatic heterocycles. The molecule has 0 radical (unpaired) electrons. The fourth-order valence-corrected chi connectivity index (χ4v) is 2.91. The summed E-state index contributed by atoms with van der Waals surface area (Å²) < 4.78 is 0. The first-order valence-electron chi connectivity index (χ1n) is 9.26. The molecule has 0 unspecified atom stereocenters. The summed E-state index contributed by atoms with van der Waals surface area (Å²) in [6.07, 6.45) is 1.24. The fourth-order valence-electron chi connectivity index (χ4n) is 2.91. The summed E-state index contributed by atoms with van der Waals surface area (Å²) in [7, 11) is 0. The predicted octanol–water partition coefficient (Wildman–Crippen LogP) is 2.50. The van der Waals surface area contributed by atoms with Gasteiger partial charge >= 0.3 is 0 Å². The highest BCUT2D eigenvalue weighted by molar-refractivity contribution is 5.91. The van der Waals surface area contributed by atoms with Gasteiger partial charge < -0.3 is 15.5 Å². The van der Waals surface area contributed by atoms with Crippen molar-refractivity contribution in [1.29, 1.82) is 0 Å². The van der Waals surface area contributed by atoms with Crippen molar-refractivity contribution in [2.24, 2.45) is 5.10 Å². The molecule has 0 saturated heterocycles. The highest BCUT2D eigenvalue weighted by atomic mass is 16.3. The Labute approximate surface area is 173 Å². The minimum absolute atomic E-state index is 0.0808. The molecule has 0 heterocycles. The molecule has 0 atom stereocenters. The molecule has 152 valence electrons. The first-order chi connectivity index (χ1) is 14.5. The maximum absolute atomic E-state index is 12.8. The van der Waals surface area contributed by atoms with Crippen LogP contribution in [0.3, 0.4) is 0 Å². The molecule has 7 heteroatoms. The topological polar surface area (TPSA) is 111 Å². The number of rotatable bonds is 7. The van der Waals surface area contributed by atoms with Crippen molar-refractivity contribution in [3.05, 3.63) is 95.6 Å². The quantitative estimate of drug-likeness (QED) is 0.359. The normalized spacial score (nSPS) is 10.8. The second-order valence-corrected chi connectivity index (χ2v) is 6.51. The van der Waals surface area contributed by atoms with E-state index in [1.165, 1.54) is 18.3 Å². The van der Waals surface area contributed by atoms with Crippen LogP contribution in [0, 0.1) is 0 Å². The van der Waals surface area contributed by atoms with E-state index < -0.39 is 11.8 Å². The van der Waals surface area contributed by atoms with Crippen LogP contribution in [0.4, 0.5) is 0 Å². The Morgan fingerprint density at radius 1 is 0.900 bits per heavy atom. The van der Waals surface area contributed by atoms with Crippen LogP contribution >= 0.6 is 0 Å². The van der Waals surface area contributed by atoms with Gasteiger partial charge in [0.15, 0.2) is 0 Å². The van der Waals surface area contributed by atoms with E-state index in [1.54, 1.807) is 0 Å². The zero-order valence-electron chi connectivity index (χ0n) is 16.0. The van der Waals surface area contributed by atoms with Crippen molar-refractivity contribution in [2.75, 3.05) is 6.54 Å². The zero-order valence-corrected chi connectivity index (χ0v) is 16.0. The van der Waals surface area contributed by atoms with Crippen molar-refractivity contribution in [2.45, 2.75) is 5.92 Å². The minimum atomic E-state index is -0.544. The van der Waals surface area contributed by atoms with Gasteiger partial charge in [0, 0.05) is 11.6 Å². The van der Waals surface area contributed by atoms with Gasteiger partial charge in [-0.25, -0.2) is 5.43 Å². The molecule has 7 nitrogen and oxygen atoms in total. The summed E-state index contributed by atoms with van der Waals surface area (Å²) in [6, 6.07) is 22.7. The molecule has 0 saturated carbocycles. The van der Waals surface area contributed by atoms with E-state index >= 15 is 0 Å². The van der Waals surface area contributed by atoms with Gasteiger partial charge in [0.1, 0.15) is 11.5 Å². The molecule has 0 spiro atoms. The number of amides is 2. The smallest absolute Gasteiger partial charge is 0.259 e. The number of hydrazone groups is 1. The maximum atomic E-state index is 12.8. The Kier molecular flexibility index (Phi) is 6.78. The van der Waals surface area contributed by atoms with E-state index in [0.717, 1.165) is 17.2 Å². The molecule has 0 aliphatic carbocycles. The van der Waals surface area contributed by atoms with Crippen molar-refractivity contribution in [3.8, 4) is 11.5 Å². The molecule has 4 N–H and O–H groups in total. The van der Waals surface area contributed by atoms with Crippen LogP contribution < -0.4 is 10.7 Å². The van der Waals surface area contributed by atoms with Crippen LogP contribution in [0.25, 0.3) is 0 Å². The first kappa shape index (κ1) is 20.6. The molecular weight excluding hydrogens is 382 g/mol. The predicted molar refractivity (Wildman–Crippen MR) is 113 cm³/mol. The van der Waals surface area contributed by atoms with E-state index in [-0.39, 0.29) is 24.0 Å². The summed E-state index contributed by atoms with van der Waals surface area (Å²) >= 11 is 0. The molecule has 0 fully saturated rings. The average molecular weight is 403 g/mol. The van der Waals surface area contributed by atoms with Gasteiger partial charge in [0.05, 0.1) is 18.7 Å². The standard InChI is InChI=1S/C23H21N3O4/c27-19-12-11-18(20(28)13-19)14-25-26-21(29)15-24-23(30)22(16-7-3-1-4-8-16)17-9-5-2-6-10-17/h1-14,22,27-28H,15H2,(H,24,30)(H,26,29)/b25-14+. The van der Waals surface area contributed by atoms with E-state index in [2.05, 4.69) is 15.8 Å². The van der Waals surface area contributed by atoms with Crippen LogP contribution in [-0.2, 0) is 9.59 Å². The lowest BCUT2D eigenvalue weighted by molar-refractivity contribution is -0.126.